The number of nitrogens with zero attached hydrogens (tertiary/aromatic N) is 4. The normalized spacial score (nSPS) is 15.3. The van der Waals surface area contributed by atoms with E-state index in [2.05, 4.69) is 20.3 Å². The SMILES string of the molecule is COc1ccc(Cn2cnc3c(NC4CCCCC4)nc(Cl)nc32)cc1. The van der Waals surface area contributed by atoms with Gasteiger partial charge >= 0.3 is 0 Å². The van der Waals surface area contributed by atoms with E-state index in [1.54, 1.807) is 13.4 Å². The molecule has 136 valence electrons. The fraction of sp³-hybridized carbons (Fsp3) is 0.421. The first-order chi connectivity index (χ1) is 12.7. The van der Waals surface area contributed by atoms with Gasteiger partial charge in [0.05, 0.1) is 20.0 Å². The second-order valence-electron chi connectivity index (χ2n) is 6.71. The Morgan fingerprint density at radius 3 is 2.65 bits per heavy atom. The zero-order chi connectivity index (χ0) is 17.9. The summed E-state index contributed by atoms with van der Waals surface area (Å²) in [6, 6.07) is 8.41. The van der Waals surface area contributed by atoms with Crippen LogP contribution in [0.1, 0.15) is 37.7 Å². The number of imidazole rings is 1. The van der Waals surface area contributed by atoms with Gasteiger partial charge in [-0.1, -0.05) is 31.4 Å². The first-order valence-corrected chi connectivity index (χ1v) is 9.38. The molecular formula is C19H22ClN5O. The smallest absolute Gasteiger partial charge is 0.226 e. The van der Waals surface area contributed by atoms with Gasteiger partial charge in [0.2, 0.25) is 5.28 Å². The summed E-state index contributed by atoms with van der Waals surface area (Å²) in [5.74, 6) is 1.58. The Bertz CT molecular complexity index is 887. The number of rotatable bonds is 5. The molecule has 2 heterocycles. The van der Waals surface area contributed by atoms with Crippen LogP contribution in [-0.2, 0) is 6.54 Å². The minimum Gasteiger partial charge on any atom is -0.497 e. The van der Waals surface area contributed by atoms with Crippen LogP contribution in [0.4, 0.5) is 5.82 Å². The van der Waals surface area contributed by atoms with Crippen LogP contribution in [0.2, 0.25) is 5.28 Å². The summed E-state index contributed by atoms with van der Waals surface area (Å²) in [5.41, 5.74) is 2.66. The van der Waals surface area contributed by atoms with Crippen molar-refractivity contribution in [2.45, 2.75) is 44.7 Å². The second kappa shape index (κ2) is 7.50. The molecule has 6 nitrogen and oxygen atoms in total. The van der Waals surface area contributed by atoms with Crippen LogP contribution in [0.5, 0.6) is 5.75 Å². The third-order valence-corrected chi connectivity index (χ3v) is 5.06. The van der Waals surface area contributed by atoms with Crippen molar-refractivity contribution in [2.24, 2.45) is 0 Å². The van der Waals surface area contributed by atoms with Gasteiger partial charge in [0.1, 0.15) is 5.75 Å². The van der Waals surface area contributed by atoms with Crippen LogP contribution >= 0.6 is 11.6 Å². The summed E-state index contributed by atoms with van der Waals surface area (Å²) in [6.45, 7) is 0.663. The lowest BCUT2D eigenvalue weighted by Crippen LogP contribution is -2.23. The predicted octanol–water partition coefficient (Wildman–Crippen LogP) is 4.28. The average Bonchev–Trinajstić information content (AvgIpc) is 3.06. The van der Waals surface area contributed by atoms with E-state index in [-0.39, 0.29) is 5.28 Å². The van der Waals surface area contributed by atoms with Gasteiger partial charge in [-0.3, -0.25) is 0 Å². The monoisotopic (exact) mass is 371 g/mol. The molecule has 1 saturated carbocycles. The van der Waals surface area contributed by atoms with Gasteiger partial charge < -0.3 is 14.6 Å². The summed E-state index contributed by atoms with van der Waals surface area (Å²) >= 11 is 6.19. The summed E-state index contributed by atoms with van der Waals surface area (Å²) in [6.07, 6.45) is 7.95. The molecule has 1 fully saturated rings. The van der Waals surface area contributed by atoms with Gasteiger partial charge in [-0.15, -0.1) is 0 Å². The highest BCUT2D eigenvalue weighted by Crippen LogP contribution is 2.26. The van der Waals surface area contributed by atoms with E-state index in [1.807, 2.05) is 28.8 Å². The molecule has 0 saturated heterocycles. The zero-order valence-electron chi connectivity index (χ0n) is 14.8. The van der Waals surface area contributed by atoms with E-state index < -0.39 is 0 Å². The van der Waals surface area contributed by atoms with Gasteiger partial charge in [0.25, 0.3) is 0 Å². The minimum absolute atomic E-state index is 0.243. The molecule has 4 rings (SSSR count). The molecule has 0 unspecified atom stereocenters. The molecule has 0 bridgehead atoms. The fourth-order valence-electron chi connectivity index (χ4n) is 3.50. The number of nitrogens with one attached hydrogen (secondary N) is 1. The third kappa shape index (κ3) is 3.60. The summed E-state index contributed by atoms with van der Waals surface area (Å²) in [7, 11) is 1.66. The number of methoxy groups -OCH3 is 1. The van der Waals surface area contributed by atoms with Crippen LogP contribution in [0.15, 0.2) is 30.6 Å². The Kier molecular flexibility index (Phi) is 4.93. The lowest BCUT2D eigenvalue weighted by molar-refractivity contribution is 0.414. The van der Waals surface area contributed by atoms with Gasteiger partial charge in [-0.2, -0.15) is 9.97 Å². The largest absolute Gasteiger partial charge is 0.497 e. The maximum atomic E-state index is 6.19. The molecule has 3 aromatic rings. The summed E-state index contributed by atoms with van der Waals surface area (Å²) in [5, 5.41) is 3.77. The lowest BCUT2D eigenvalue weighted by atomic mass is 9.95. The third-order valence-electron chi connectivity index (χ3n) is 4.89. The zero-order valence-corrected chi connectivity index (χ0v) is 15.5. The molecule has 0 radical (unpaired) electrons. The highest BCUT2D eigenvalue weighted by Gasteiger charge is 2.18. The van der Waals surface area contributed by atoms with E-state index in [9.17, 15) is 0 Å². The molecule has 0 atom stereocenters. The lowest BCUT2D eigenvalue weighted by Gasteiger charge is -2.23. The number of halogens is 1. The Hall–Kier alpha value is -2.34. The standard InChI is InChI=1S/C19H22ClN5O/c1-26-15-9-7-13(8-10-15)11-25-12-21-16-17(23-19(20)24-18(16)25)22-14-5-3-2-4-6-14/h7-10,12,14H,2-6,11H2,1H3,(H,22,23,24). The molecule has 2 aromatic heterocycles. The van der Waals surface area contributed by atoms with Gasteiger partial charge in [0.15, 0.2) is 17.0 Å². The molecule has 1 aliphatic rings. The van der Waals surface area contributed by atoms with Crippen LogP contribution in [0, 0.1) is 0 Å². The van der Waals surface area contributed by atoms with Crippen molar-refractivity contribution in [1.82, 2.24) is 19.5 Å². The van der Waals surface area contributed by atoms with E-state index in [1.165, 1.54) is 19.3 Å². The van der Waals surface area contributed by atoms with Crippen LogP contribution < -0.4 is 10.1 Å². The Balaban J connectivity index is 1.62. The number of fused-ring (bicyclic) bond motifs is 1. The Morgan fingerprint density at radius 1 is 1.15 bits per heavy atom. The van der Waals surface area contributed by atoms with E-state index in [4.69, 9.17) is 16.3 Å². The maximum absolute atomic E-state index is 6.19. The number of hydrogen-bond acceptors (Lipinski definition) is 5. The molecule has 7 heteroatoms. The van der Waals surface area contributed by atoms with E-state index in [0.29, 0.717) is 12.6 Å². The quantitative estimate of drug-likeness (QED) is 0.678. The Morgan fingerprint density at radius 2 is 1.92 bits per heavy atom. The minimum atomic E-state index is 0.243. The van der Waals surface area contributed by atoms with Crippen molar-refractivity contribution in [1.29, 1.82) is 0 Å². The molecule has 0 amide bonds. The van der Waals surface area contributed by atoms with Crippen molar-refractivity contribution < 1.29 is 4.74 Å². The highest BCUT2D eigenvalue weighted by molar-refractivity contribution is 6.28. The topological polar surface area (TPSA) is 64.9 Å². The number of hydrogen-bond donors (Lipinski definition) is 1. The molecule has 26 heavy (non-hydrogen) atoms. The van der Waals surface area contributed by atoms with Crippen molar-refractivity contribution in [3.63, 3.8) is 0 Å². The number of anilines is 1. The predicted molar refractivity (Wildman–Crippen MR) is 103 cm³/mol. The van der Waals surface area contributed by atoms with Crippen molar-refractivity contribution in [3.05, 3.63) is 41.4 Å². The second-order valence-corrected chi connectivity index (χ2v) is 7.05. The number of aromatic nitrogens is 4. The molecule has 0 spiro atoms. The summed E-state index contributed by atoms with van der Waals surface area (Å²) < 4.78 is 7.21. The molecule has 1 aromatic carbocycles. The van der Waals surface area contributed by atoms with Gasteiger partial charge in [0, 0.05) is 6.04 Å². The van der Waals surface area contributed by atoms with Crippen LogP contribution in [-0.4, -0.2) is 32.7 Å². The van der Waals surface area contributed by atoms with Crippen molar-refractivity contribution in [2.75, 3.05) is 12.4 Å². The van der Waals surface area contributed by atoms with E-state index >= 15 is 0 Å². The maximum Gasteiger partial charge on any atom is 0.226 e. The van der Waals surface area contributed by atoms with Crippen molar-refractivity contribution >= 4 is 28.6 Å². The molecule has 0 aliphatic heterocycles. The summed E-state index contributed by atoms with van der Waals surface area (Å²) in [4.78, 5) is 13.3. The molecular weight excluding hydrogens is 350 g/mol. The first kappa shape index (κ1) is 17.1. The van der Waals surface area contributed by atoms with Gasteiger partial charge in [-0.05, 0) is 42.1 Å². The Labute approximate surface area is 157 Å². The number of ether oxygens (including phenoxy) is 1. The highest BCUT2D eigenvalue weighted by atomic mass is 35.5. The number of benzene rings is 1. The van der Waals surface area contributed by atoms with Crippen LogP contribution in [0.25, 0.3) is 11.2 Å². The first-order valence-electron chi connectivity index (χ1n) is 9.01. The fourth-order valence-corrected chi connectivity index (χ4v) is 3.67. The van der Waals surface area contributed by atoms with Crippen molar-refractivity contribution in [3.8, 4) is 5.75 Å². The molecule has 1 N–H and O–H groups in total. The molecule has 1 aliphatic carbocycles. The van der Waals surface area contributed by atoms with E-state index in [0.717, 1.165) is 41.1 Å². The van der Waals surface area contributed by atoms with Gasteiger partial charge in [-0.25, -0.2) is 4.98 Å². The average molecular weight is 372 g/mol. The van der Waals surface area contributed by atoms with Crippen LogP contribution in [0.3, 0.4) is 0 Å².